The van der Waals surface area contributed by atoms with Crippen LogP contribution in [0.5, 0.6) is 0 Å². The number of nitrogens with zero attached hydrogens (tertiary/aromatic N) is 1. The largest absolute Gasteiger partial charge is 1.00 e. The molecule has 0 bridgehead atoms. The molecule has 0 unspecified atom stereocenters. The van der Waals surface area contributed by atoms with Crippen LogP contribution in [0.15, 0.2) is 0 Å². The fourth-order valence-electron chi connectivity index (χ4n) is 0.918. The zero-order valence-electron chi connectivity index (χ0n) is 6.56. The quantitative estimate of drug-likeness (QED) is 0.337. The molecule has 40 valence electrons. The van der Waals surface area contributed by atoms with Crippen molar-refractivity contribution in [1.82, 2.24) is 4.81 Å². The van der Waals surface area contributed by atoms with Gasteiger partial charge in [-0.1, -0.05) is 6.42 Å². The van der Waals surface area contributed by atoms with E-state index in [2.05, 4.69) is 0 Å². The molecule has 8 heavy (non-hydrogen) atoms. The summed E-state index contributed by atoms with van der Waals surface area (Å²) < 4.78 is 0. The topological polar surface area (TPSA) is 3.24 Å². The second-order valence-electron chi connectivity index (χ2n) is 2.10. The van der Waals surface area contributed by atoms with E-state index in [9.17, 15) is 0 Å². The Morgan fingerprint density at radius 2 is 1.62 bits per heavy atom. The third-order valence-corrected chi connectivity index (χ3v) is 1.39. The SMILES string of the molecule is [B]N1CCCCC1.[H-].[K+]. The number of piperidine rings is 1. The van der Waals surface area contributed by atoms with Gasteiger partial charge in [0.05, 0.1) is 0 Å². The standard InChI is InChI=1S/C5H10BN.K.H/c6-7-4-2-1-3-5-7;;/h1-5H2;;/q;+1;-1. The van der Waals surface area contributed by atoms with Gasteiger partial charge in [0.15, 0.2) is 7.98 Å². The molecule has 1 aliphatic rings. The molecule has 0 N–H and O–H groups in total. The molecule has 0 aromatic rings. The minimum absolute atomic E-state index is 0. The third kappa shape index (κ3) is 3.64. The van der Waals surface area contributed by atoms with Crippen LogP contribution < -0.4 is 51.4 Å². The van der Waals surface area contributed by atoms with Crippen molar-refractivity contribution in [3.05, 3.63) is 0 Å². The maximum atomic E-state index is 5.47. The molecule has 1 rings (SSSR count). The molecule has 0 aromatic carbocycles. The summed E-state index contributed by atoms with van der Waals surface area (Å²) in [6.45, 7) is 2.19. The van der Waals surface area contributed by atoms with E-state index < -0.39 is 0 Å². The maximum absolute atomic E-state index is 5.47. The predicted octanol–water partition coefficient (Wildman–Crippen LogP) is -2.33. The molecule has 1 nitrogen and oxygen atoms in total. The zero-order valence-corrected chi connectivity index (χ0v) is 8.68. The first kappa shape index (κ1) is 9.66. The van der Waals surface area contributed by atoms with E-state index in [1.807, 2.05) is 4.81 Å². The molecular formula is C5H11BKN. The predicted molar refractivity (Wildman–Crippen MR) is 32.3 cm³/mol. The van der Waals surface area contributed by atoms with Crippen molar-refractivity contribution in [1.29, 1.82) is 0 Å². The molecule has 1 saturated heterocycles. The fourth-order valence-corrected chi connectivity index (χ4v) is 0.918. The van der Waals surface area contributed by atoms with E-state index in [0.717, 1.165) is 13.1 Å². The van der Waals surface area contributed by atoms with Crippen molar-refractivity contribution in [3.8, 4) is 0 Å². The van der Waals surface area contributed by atoms with E-state index in [4.69, 9.17) is 7.98 Å². The molecule has 3 heteroatoms. The molecule has 1 heterocycles. The Morgan fingerprint density at radius 1 is 1.12 bits per heavy atom. The van der Waals surface area contributed by atoms with Crippen LogP contribution in [-0.2, 0) is 0 Å². The first-order valence-electron chi connectivity index (χ1n) is 2.89. The Balaban J connectivity index is 0. The Labute approximate surface area is 96.5 Å². The van der Waals surface area contributed by atoms with Crippen molar-refractivity contribution >= 4 is 7.98 Å². The summed E-state index contributed by atoms with van der Waals surface area (Å²) in [5, 5.41) is 0. The molecule has 0 amide bonds. The van der Waals surface area contributed by atoms with Gasteiger partial charge in [-0.25, -0.2) is 0 Å². The summed E-state index contributed by atoms with van der Waals surface area (Å²) in [4.78, 5) is 1.89. The second kappa shape index (κ2) is 5.45. The molecule has 1 aliphatic heterocycles. The van der Waals surface area contributed by atoms with Gasteiger partial charge in [0.25, 0.3) is 0 Å². The van der Waals surface area contributed by atoms with Crippen LogP contribution in [-0.4, -0.2) is 25.9 Å². The van der Waals surface area contributed by atoms with Crippen LogP contribution in [0.25, 0.3) is 0 Å². The number of rotatable bonds is 0. The van der Waals surface area contributed by atoms with Crippen LogP contribution in [0.2, 0.25) is 0 Å². The van der Waals surface area contributed by atoms with Crippen molar-refractivity contribution in [2.24, 2.45) is 0 Å². The van der Waals surface area contributed by atoms with Crippen molar-refractivity contribution in [2.45, 2.75) is 19.3 Å². The van der Waals surface area contributed by atoms with Crippen LogP contribution in [0.1, 0.15) is 20.7 Å². The molecule has 0 spiro atoms. The number of hydrogen-bond acceptors (Lipinski definition) is 1. The van der Waals surface area contributed by atoms with Gasteiger partial charge in [-0.05, 0) is 25.9 Å². The summed E-state index contributed by atoms with van der Waals surface area (Å²) in [6.07, 6.45) is 3.95. The first-order valence-corrected chi connectivity index (χ1v) is 2.89. The van der Waals surface area contributed by atoms with E-state index in [1.165, 1.54) is 19.3 Å². The van der Waals surface area contributed by atoms with Crippen molar-refractivity contribution in [3.63, 3.8) is 0 Å². The van der Waals surface area contributed by atoms with Gasteiger partial charge in [-0.3, -0.25) is 0 Å². The van der Waals surface area contributed by atoms with Gasteiger partial charge in [0.1, 0.15) is 0 Å². The van der Waals surface area contributed by atoms with E-state index in [1.54, 1.807) is 0 Å². The van der Waals surface area contributed by atoms with Gasteiger partial charge in [-0.15, -0.1) is 0 Å². The summed E-state index contributed by atoms with van der Waals surface area (Å²) >= 11 is 0. The van der Waals surface area contributed by atoms with Gasteiger partial charge < -0.3 is 6.24 Å². The molecule has 0 aromatic heterocycles. The van der Waals surface area contributed by atoms with Crippen molar-refractivity contribution < 1.29 is 52.8 Å². The summed E-state index contributed by atoms with van der Waals surface area (Å²) in [7, 11) is 5.47. The monoisotopic (exact) mass is 135 g/mol. The van der Waals surface area contributed by atoms with Crippen LogP contribution in [0, 0.1) is 0 Å². The summed E-state index contributed by atoms with van der Waals surface area (Å²) in [5.41, 5.74) is 0. The number of hydrogen-bond donors (Lipinski definition) is 0. The Morgan fingerprint density at radius 3 is 1.88 bits per heavy atom. The molecule has 0 aliphatic carbocycles. The Kier molecular flexibility index (Phi) is 6.58. The van der Waals surface area contributed by atoms with Crippen LogP contribution in [0.3, 0.4) is 0 Å². The van der Waals surface area contributed by atoms with Gasteiger partial charge in [-0.2, -0.15) is 0 Å². The molecule has 2 radical (unpaired) electrons. The minimum Gasteiger partial charge on any atom is -1.00 e. The van der Waals surface area contributed by atoms with Crippen molar-refractivity contribution in [2.75, 3.05) is 13.1 Å². The second-order valence-corrected chi connectivity index (χ2v) is 2.10. The van der Waals surface area contributed by atoms with Gasteiger partial charge in [0, 0.05) is 0 Å². The average Bonchev–Trinajstić information content (AvgIpc) is 1.69. The van der Waals surface area contributed by atoms with E-state index in [-0.39, 0.29) is 52.8 Å². The molecule has 0 saturated carbocycles. The van der Waals surface area contributed by atoms with Gasteiger partial charge >= 0.3 is 51.4 Å². The van der Waals surface area contributed by atoms with E-state index in [0.29, 0.717) is 0 Å². The molecular weight excluding hydrogens is 124 g/mol. The summed E-state index contributed by atoms with van der Waals surface area (Å²) in [5.74, 6) is 0. The van der Waals surface area contributed by atoms with E-state index >= 15 is 0 Å². The fraction of sp³-hybridized carbons (Fsp3) is 1.00. The normalized spacial score (nSPS) is 22.0. The molecule has 0 atom stereocenters. The Hall–Kier alpha value is 1.66. The average molecular weight is 135 g/mol. The first-order chi connectivity index (χ1) is 3.39. The van der Waals surface area contributed by atoms with Gasteiger partial charge in [0.2, 0.25) is 0 Å². The zero-order chi connectivity index (χ0) is 5.11. The maximum Gasteiger partial charge on any atom is 1.00 e. The smallest absolute Gasteiger partial charge is 1.00 e. The minimum atomic E-state index is 0. The molecule has 1 fully saturated rings. The van der Waals surface area contributed by atoms with Crippen LogP contribution in [0.4, 0.5) is 0 Å². The third-order valence-electron chi connectivity index (χ3n) is 1.39. The van der Waals surface area contributed by atoms with Crippen LogP contribution >= 0.6 is 0 Å². The Bertz CT molecular complexity index is 58.9. The summed E-state index contributed by atoms with van der Waals surface area (Å²) in [6, 6.07) is 0.